The van der Waals surface area contributed by atoms with Crippen LogP contribution >= 0.6 is 0 Å². The fourth-order valence-corrected chi connectivity index (χ4v) is 1.15. The Kier molecular flexibility index (Phi) is 1.12. The zero-order valence-corrected chi connectivity index (χ0v) is 5.67. The highest BCUT2D eigenvalue weighted by Crippen LogP contribution is 2.34. The molecule has 1 aliphatic carbocycles. The fraction of sp³-hybridized carbons (Fsp3) is 0.667. The van der Waals surface area contributed by atoms with Gasteiger partial charge < -0.3 is 10.7 Å². The second-order valence-corrected chi connectivity index (χ2v) is 2.72. The van der Waals surface area contributed by atoms with Crippen LogP contribution in [0.15, 0.2) is 0 Å². The van der Waals surface area contributed by atoms with Crippen molar-refractivity contribution in [3.63, 3.8) is 0 Å². The van der Waals surface area contributed by atoms with E-state index in [0.717, 1.165) is 5.82 Å². The van der Waals surface area contributed by atoms with E-state index in [1.54, 1.807) is 0 Å². The average Bonchev–Trinajstić information content (AvgIpc) is 2.10. The standard InChI is InChI=1S/C6H10N4/c7-6-8-5(9-10-6)4-2-1-3-4/h4H,1-3H2,(H3,7,8,9,10). The van der Waals surface area contributed by atoms with Crippen LogP contribution < -0.4 is 5.73 Å². The lowest BCUT2D eigenvalue weighted by Gasteiger charge is -2.21. The largest absolute Gasteiger partial charge is 0.368 e. The van der Waals surface area contributed by atoms with Crippen LogP contribution in [0.4, 0.5) is 5.95 Å². The summed E-state index contributed by atoms with van der Waals surface area (Å²) in [5.74, 6) is 2.00. The number of nitrogens with zero attached hydrogens (tertiary/aromatic N) is 2. The molecule has 0 spiro atoms. The summed E-state index contributed by atoms with van der Waals surface area (Å²) >= 11 is 0. The maximum Gasteiger partial charge on any atom is 0.219 e. The first-order chi connectivity index (χ1) is 4.86. The monoisotopic (exact) mass is 138 g/mol. The maximum atomic E-state index is 5.37. The third-order valence-corrected chi connectivity index (χ3v) is 2.01. The number of nitrogen functional groups attached to an aromatic ring is 1. The Morgan fingerprint density at radius 3 is 2.60 bits per heavy atom. The lowest BCUT2D eigenvalue weighted by molar-refractivity contribution is 0.402. The van der Waals surface area contributed by atoms with Crippen LogP contribution in [-0.4, -0.2) is 15.2 Å². The molecule has 0 saturated heterocycles. The topological polar surface area (TPSA) is 67.6 Å². The van der Waals surface area contributed by atoms with E-state index in [-0.39, 0.29) is 0 Å². The molecule has 0 aromatic carbocycles. The smallest absolute Gasteiger partial charge is 0.219 e. The number of hydrogen-bond donors (Lipinski definition) is 2. The first kappa shape index (κ1) is 5.70. The van der Waals surface area contributed by atoms with Crippen molar-refractivity contribution in [1.82, 2.24) is 15.2 Å². The minimum Gasteiger partial charge on any atom is -0.368 e. The predicted octanol–water partition coefficient (Wildman–Crippen LogP) is 0.654. The van der Waals surface area contributed by atoms with Crippen molar-refractivity contribution in [1.29, 1.82) is 0 Å². The molecule has 0 aliphatic heterocycles. The lowest BCUT2D eigenvalue weighted by Crippen LogP contribution is -2.10. The molecule has 4 nitrogen and oxygen atoms in total. The van der Waals surface area contributed by atoms with Crippen molar-refractivity contribution >= 4 is 5.95 Å². The summed E-state index contributed by atoms with van der Waals surface area (Å²) in [6, 6.07) is 0. The highest BCUT2D eigenvalue weighted by Gasteiger charge is 2.22. The van der Waals surface area contributed by atoms with Gasteiger partial charge in [-0.05, 0) is 12.8 Å². The molecule has 1 heterocycles. The molecule has 4 heteroatoms. The zero-order chi connectivity index (χ0) is 6.97. The Bertz CT molecular complexity index is 225. The van der Waals surface area contributed by atoms with Crippen LogP contribution in [0.5, 0.6) is 0 Å². The molecular weight excluding hydrogens is 128 g/mol. The molecule has 0 radical (unpaired) electrons. The lowest BCUT2D eigenvalue weighted by atomic mass is 9.85. The van der Waals surface area contributed by atoms with Gasteiger partial charge in [-0.15, -0.1) is 10.2 Å². The number of anilines is 1. The SMILES string of the molecule is Nc1nnc(C2CCC2)[nH]1. The molecule has 54 valence electrons. The van der Waals surface area contributed by atoms with E-state index in [4.69, 9.17) is 5.73 Å². The van der Waals surface area contributed by atoms with E-state index in [1.165, 1.54) is 19.3 Å². The van der Waals surface area contributed by atoms with E-state index in [2.05, 4.69) is 15.2 Å². The summed E-state index contributed by atoms with van der Waals surface area (Å²) in [4.78, 5) is 2.93. The number of nitrogens with two attached hydrogens (primary N) is 1. The van der Waals surface area contributed by atoms with Crippen LogP contribution in [0, 0.1) is 0 Å². The van der Waals surface area contributed by atoms with Crippen LogP contribution in [0.25, 0.3) is 0 Å². The molecule has 1 fully saturated rings. The van der Waals surface area contributed by atoms with Gasteiger partial charge in [0.05, 0.1) is 0 Å². The summed E-state index contributed by atoms with van der Waals surface area (Å²) in [6.07, 6.45) is 3.77. The molecule has 1 aromatic heterocycles. The Balaban J connectivity index is 2.17. The fourth-order valence-electron chi connectivity index (χ4n) is 1.15. The number of aromatic nitrogens is 3. The molecule has 2 rings (SSSR count). The number of nitrogens with one attached hydrogen (secondary N) is 1. The van der Waals surface area contributed by atoms with E-state index >= 15 is 0 Å². The third kappa shape index (κ3) is 0.761. The number of H-pyrrole nitrogens is 1. The Labute approximate surface area is 58.8 Å². The molecule has 0 unspecified atom stereocenters. The number of rotatable bonds is 1. The number of hydrogen-bond acceptors (Lipinski definition) is 3. The van der Waals surface area contributed by atoms with Crippen molar-refractivity contribution in [2.24, 2.45) is 0 Å². The van der Waals surface area contributed by atoms with Crippen molar-refractivity contribution in [3.8, 4) is 0 Å². The molecule has 0 atom stereocenters. The molecule has 3 N–H and O–H groups in total. The molecule has 1 aliphatic rings. The summed E-state index contributed by atoms with van der Waals surface area (Å²) in [7, 11) is 0. The second-order valence-electron chi connectivity index (χ2n) is 2.72. The highest BCUT2D eigenvalue weighted by molar-refractivity contribution is 5.15. The summed E-state index contributed by atoms with van der Waals surface area (Å²) in [5, 5.41) is 7.60. The van der Waals surface area contributed by atoms with Crippen LogP contribution in [0.1, 0.15) is 31.0 Å². The summed E-state index contributed by atoms with van der Waals surface area (Å²) in [6.45, 7) is 0. The van der Waals surface area contributed by atoms with Gasteiger partial charge in [0, 0.05) is 5.92 Å². The molecule has 1 saturated carbocycles. The minimum absolute atomic E-state index is 0.432. The van der Waals surface area contributed by atoms with Gasteiger partial charge in [-0.1, -0.05) is 6.42 Å². The normalized spacial score (nSPS) is 18.8. The molecule has 10 heavy (non-hydrogen) atoms. The minimum atomic E-state index is 0.432. The molecular formula is C6H10N4. The van der Waals surface area contributed by atoms with Gasteiger partial charge in [0.2, 0.25) is 5.95 Å². The Morgan fingerprint density at radius 2 is 2.20 bits per heavy atom. The van der Waals surface area contributed by atoms with Gasteiger partial charge in [0.15, 0.2) is 0 Å². The highest BCUT2D eigenvalue weighted by atomic mass is 15.3. The zero-order valence-electron chi connectivity index (χ0n) is 5.67. The van der Waals surface area contributed by atoms with Crippen molar-refractivity contribution in [2.75, 3.05) is 5.73 Å². The summed E-state index contributed by atoms with van der Waals surface area (Å²) in [5.41, 5.74) is 5.37. The predicted molar refractivity (Wildman–Crippen MR) is 37.4 cm³/mol. The maximum absolute atomic E-state index is 5.37. The third-order valence-electron chi connectivity index (χ3n) is 2.01. The van der Waals surface area contributed by atoms with Crippen molar-refractivity contribution in [3.05, 3.63) is 5.82 Å². The first-order valence-electron chi connectivity index (χ1n) is 3.54. The van der Waals surface area contributed by atoms with Gasteiger partial charge in [0.1, 0.15) is 5.82 Å². The first-order valence-corrected chi connectivity index (χ1v) is 3.54. The van der Waals surface area contributed by atoms with Crippen LogP contribution in [-0.2, 0) is 0 Å². The number of aromatic amines is 1. The van der Waals surface area contributed by atoms with Gasteiger partial charge in [-0.25, -0.2) is 0 Å². The molecule has 0 bridgehead atoms. The van der Waals surface area contributed by atoms with Crippen LogP contribution in [0.3, 0.4) is 0 Å². The summed E-state index contributed by atoms with van der Waals surface area (Å²) < 4.78 is 0. The second kappa shape index (κ2) is 1.97. The van der Waals surface area contributed by atoms with Crippen LogP contribution in [0.2, 0.25) is 0 Å². The molecule has 1 aromatic rings. The average molecular weight is 138 g/mol. The van der Waals surface area contributed by atoms with Gasteiger partial charge in [0.25, 0.3) is 0 Å². The van der Waals surface area contributed by atoms with Gasteiger partial charge in [-0.3, -0.25) is 0 Å². The van der Waals surface area contributed by atoms with Crippen molar-refractivity contribution in [2.45, 2.75) is 25.2 Å². The quantitative estimate of drug-likeness (QED) is 0.598. The van der Waals surface area contributed by atoms with E-state index < -0.39 is 0 Å². The van der Waals surface area contributed by atoms with E-state index in [1.807, 2.05) is 0 Å². The van der Waals surface area contributed by atoms with E-state index in [0.29, 0.717) is 11.9 Å². The van der Waals surface area contributed by atoms with E-state index in [9.17, 15) is 0 Å². The van der Waals surface area contributed by atoms with Gasteiger partial charge in [-0.2, -0.15) is 0 Å². The molecule has 0 amide bonds. The van der Waals surface area contributed by atoms with Gasteiger partial charge >= 0.3 is 0 Å². The Morgan fingerprint density at radius 1 is 1.40 bits per heavy atom. The Hall–Kier alpha value is -1.06. The van der Waals surface area contributed by atoms with Crippen molar-refractivity contribution < 1.29 is 0 Å².